The zero-order chi connectivity index (χ0) is 14.0. The predicted octanol–water partition coefficient (Wildman–Crippen LogP) is 0.0557. The van der Waals surface area contributed by atoms with Crippen LogP contribution in [-0.2, 0) is 14.3 Å². The lowest BCUT2D eigenvalue weighted by molar-refractivity contribution is -0.145. The number of ether oxygens (including phenoxy) is 1. The van der Waals surface area contributed by atoms with Crippen LogP contribution in [0.4, 0.5) is 4.79 Å². The van der Waals surface area contributed by atoms with Crippen molar-refractivity contribution in [2.45, 2.75) is 19.3 Å². The van der Waals surface area contributed by atoms with Crippen molar-refractivity contribution in [1.29, 1.82) is 0 Å². The first-order valence-corrected chi connectivity index (χ1v) is 6.32. The monoisotopic (exact) mass is 270 g/mol. The van der Waals surface area contributed by atoms with Gasteiger partial charge in [-0.1, -0.05) is 0 Å². The zero-order valence-corrected chi connectivity index (χ0v) is 10.8. The first-order chi connectivity index (χ1) is 8.98. The third-order valence-electron chi connectivity index (χ3n) is 3.90. The number of esters is 1. The Balaban J connectivity index is 1.79. The summed E-state index contributed by atoms with van der Waals surface area (Å²) in [6, 6.07) is -0.307. The van der Waals surface area contributed by atoms with Crippen LogP contribution in [0.5, 0.6) is 0 Å². The van der Waals surface area contributed by atoms with Gasteiger partial charge in [-0.3, -0.25) is 9.59 Å². The van der Waals surface area contributed by atoms with Crippen LogP contribution < -0.4 is 5.32 Å². The summed E-state index contributed by atoms with van der Waals surface area (Å²) in [7, 11) is 1.33. The van der Waals surface area contributed by atoms with Crippen molar-refractivity contribution in [2.24, 2.45) is 11.3 Å². The lowest BCUT2D eigenvalue weighted by atomic mass is 10.1. The molecule has 2 rings (SSSR count). The molecule has 0 bridgehead atoms. The van der Waals surface area contributed by atoms with Gasteiger partial charge < -0.3 is 20.1 Å². The molecule has 2 amide bonds. The number of carbonyl (C=O) groups excluding carboxylic acids is 2. The van der Waals surface area contributed by atoms with Crippen LogP contribution >= 0.6 is 0 Å². The van der Waals surface area contributed by atoms with Crippen molar-refractivity contribution in [3.05, 3.63) is 0 Å². The van der Waals surface area contributed by atoms with E-state index in [0.29, 0.717) is 32.4 Å². The van der Waals surface area contributed by atoms with E-state index in [-0.39, 0.29) is 24.5 Å². The van der Waals surface area contributed by atoms with Crippen LogP contribution in [0.3, 0.4) is 0 Å². The van der Waals surface area contributed by atoms with Gasteiger partial charge in [0.1, 0.15) is 0 Å². The summed E-state index contributed by atoms with van der Waals surface area (Å²) < 4.78 is 4.64. The molecule has 7 heteroatoms. The molecule has 1 saturated heterocycles. The Labute approximate surface area is 110 Å². The van der Waals surface area contributed by atoms with E-state index in [1.54, 1.807) is 0 Å². The summed E-state index contributed by atoms with van der Waals surface area (Å²) in [6.45, 7) is 0.977. The number of hydrogen-bond donors (Lipinski definition) is 2. The van der Waals surface area contributed by atoms with Gasteiger partial charge in [-0.25, -0.2) is 4.79 Å². The first-order valence-electron chi connectivity index (χ1n) is 6.32. The second kappa shape index (κ2) is 5.07. The van der Waals surface area contributed by atoms with Crippen LogP contribution in [0.2, 0.25) is 0 Å². The molecular formula is C12H18N2O5. The number of hydrogen-bond acceptors (Lipinski definition) is 4. The molecule has 1 aliphatic carbocycles. The number of carboxylic acid groups (broad SMARTS) is 1. The van der Waals surface area contributed by atoms with Crippen LogP contribution in [0, 0.1) is 11.3 Å². The minimum Gasteiger partial charge on any atom is -0.481 e. The minimum atomic E-state index is -0.860. The predicted molar refractivity (Wildman–Crippen MR) is 64.4 cm³/mol. The summed E-state index contributed by atoms with van der Waals surface area (Å²) >= 11 is 0. The summed E-state index contributed by atoms with van der Waals surface area (Å²) in [5, 5.41) is 11.6. The van der Waals surface area contributed by atoms with Gasteiger partial charge in [-0.15, -0.1) is 0 Å². The highest BCUT2D eigenvalue weighted by molar-refractivity contribution is 5.81. The molecule has 1 atom stereocenters. The van der Waals surface area contributed by atoms with E-state index in [9.17, 15) is 14.4 Å². The molecule has 1 heterocycles. The van der Waals surface area contributed by atoms with E-state index in [1.165, 1.54) is 12.0 Å². The molecule has 106 valence electrons. The Hall–Kier alpha value is -1.79. The van der Waals surface area contributed by atoms with Gasteiger partial charge in [0.2, 0.25) is 0 Å². The molecular weight excluding hydrogens is 252 g/mol. The van der Waals surface area contributed by atoms with Gasteiger partial charge in [-0.2, -0.15) is 0 Å². The van der Waals surface area contributed by atoms with Gasteiger partial charge >= 0.3 is 18.0 Å². The summed E-state index contributed by atoms with van der Waals surface area (Å²) in [6.07, 6.45) is 1.80. The van der Waals surface area contributed by atoms with Crippen molar-refractivity contribution in [1.82, 2.24) is 10.2 Å². The maximum Gasteiger partial charge on any atom is 0.317 e. The van der Waals surface area contributed by atoms with E-state index in [1.807, 2.05) is 0 Å². The number of amides is 2. The molecule has 0 aromatic rings. The highest BCUT2D eigenvalue weighted by Gasteiger charge is 2.50. The Kier molecular flexibility index (Phi) is 3.64. The van der Waals surface area contributed by atoms with E-state index < -0.39 is 11.4 Å². The van der Waals surface area contributed by atoms with Gasteiger partial charge in [0.25, 0.3) is 0 Å². The maximum atomic E-state index is 11.9. The SMILES string of the molecule is COC(=O)C1CCN(C(=O)NCC2(C(=O)O)CC2)C1. The van der Waals surface area contributed by atoms with Crippen molar-refractivity contribution in [3.63, 3.8) is 0 Å². The molecule has 2 aliphatic rings. The van der Waals surface area contributed by atoms with Gasteiger partial charge in [0.05, 0.1) is 18.4 Å². The lowest BCUT2D eigenvalue weighted by Gasteiger charge is -2.18. The average Bonchev–Trinajstić information content (AvgIpc) is 3.04. The van der Waals surface area contributed by atoms with Crippen LogP contribution in [0.15, 0.2) is 0 Å². The molecule has 0 spiro atoms. The molecule has 1 aliphatic heterocycles. The van der Waals surface area contributed by atoms with Crippen LogP contribution in [0.25, 0.3) is 0 Å². The Morgan fingerprint density at radius 3 is 2.63 bits per heavy atom. The largest absolute Gasteiger partial charge is 0.481 e. The average molecular weight is 270 g/mol. The topological polar surface area (TPSA) is 95.9 Å². The Bertz CT molecular complexity index is 405. The fourth-order valence-electron chi connectivity index (χ4n) is 2.28. The van der Waals surface area contributed by atoms with Crippen molar-refractivity contribution in [3.8, 4) is 0 Å². The molecule has 0 radical (unpaired) electrons. The summed E-state index contributed by atoms with van der Waals surface area (Å²) in [5.41, 5.74) is -0.767. The third kappa shape index (κ3) is 2.80. The number of likely N-dealkylation sites (tertiary alicyclic amines) is 1. The molecule has 1 saturated carbocycles. The zero-order valence-electron chi connectivity index (χ0n) is 10.8. The number of urea groups is 1. The van der Waals surface area contributed by atoms with Gasteiger partial charge in [0, 0.05) is 19.6 Å². The quantitative estimate of drug-likeness (QED) is 0.704. The summed E-state index contributed by atoms with van der Waals surface area (Å²) in [4.78, 5) is 35.7. The van der Waals surface area contributed by atoms with Crippen molar-refractivity contribution >= 4 is 18.0 Å². The highest BCUT2D eigenvalue weighted by Crippen LogP contribution is 2.45. The third-order valence-corrected chi connectivity index (χ3v) is 3.90. The lowest BCUT2D eigenvalue weighted by Crippen LogP contribution is -2.42. The standard InChI is InChI=1S/C12H18N2O5/c1-19-9(15)8-2-5-14(6-8)11(18)13-7-12(3-4-12)10(16)17/h8H,2-7H2,1H3,(H,13,18)(H,16,17). The highest BCUT2D eigenvalue weighted by atomic mass is 16.5. The number of aliphatic carboxylic acids is 1. The fourth-order valence-corrected chi connectivity index (χ4v) is 2.28. The van der Waals surface area contributed by atoms with E-state index in [0.717, 1.165) is 0 Å². The van der Waals surface area contributed by atoms with E-state index >= 15 is 0 Å². The first kappa shape index (κ1) is 13.6. The molecule has 1 unspecified atom stereocenters. The minimum absolute atomic E-state index is 0.153. The number of nitrogens with one attached hydrogen (secondary N) is 1. The van der Waals surface area contributed by atoms with Crippen LogP contribution in [0.1, 0.15) is 19.3 Å². The van der Waals surface area contributed by atoms with Gasteiger partial charge in [-0.05, 0) is 19.3 Å². The number of nitrogens with zero attached hydrogens (tertiary/aromatic N) is 1. The molecule has 2 fully saturated rings. The smallest absolute Gasteiger partial charge is 0.317 e. The number of carboxylic acids is 1. The molecule has 0 aromatic heterocycles. The number of methoxy groups -OCH3 is 1. The molecule has 7 nitrogen and oxygen atoms in total. The second-order valence-corrected chi connectivity index (χ2v) is 5.20. The number of rotatable bonds is 4. The summed E-state index contributed by atoms with van der Waals surface area (Å²) in [5.74, 6) is -1.44. The molecule has 19 heavy (non-hydrogen) atoms. The normalized spacial score (nSPS) is 23.8. The van der Waals surface area contributed by atoms with E-state index in [4.69, 9.17) is 5.11 Å². The van der Waals surface area contributed by atoms with Crippen molar-refractivity contribution < 1.29 is 24.2 Å². The molecule has 2 N–H and O–H groups in total. The Morgan fingerprint density at radius 2 is 2.11 bits per heavy atom. The number of carbonyl (C=O) groups is 3. The maximum absolute atomic E-state index is 11.9. The van der Waals surface area contributed by atoms with E-state index in [2.05, 4.69) is 10.1 Å². The Morgan fingerprint density at radius 1 is 1.42 bits per heavy atom. The molecule has 0 aromatic carbocycles. The van der Waals surface area contributed by atoms with Crippen molar-refractivity contribution in [2.75, 3.05) is 26.7 Å². The van der Waals surface area contributed by atoms with Crippen LogP contribution in [-0.4, -0.2) is 54.7 Å². The van der Waals surface area contributed by atoms with Gasteiger partial charge in [0.15, 0.2) is 0 Å². The second-order valence-electron chi connectivity index (χ2n) is 5.20. The fraction of sp³-hybridized carbons (Fsp3) is 0.750.